The van der Waals surface area contributed by atoms with Crippen LogP contribution in [-0.4, -0.2) is 7.11 Å². The number of ether oxygens (including phenoxy) is 1. The average Bonchev–Trinajstić information content (AvgIpc) is 2.55. The van der Waals surface area contributed by atoms with Gasteiger partial charge in [0.1, 0.15) is 5.75 Å². The molecule has 0 fully saturated rings. The SMILES string of the molecule is CCc1cc(C(C#N)Cc2ccc(Cl)c(Cl)c2)ccc1OC. The summed E-state index contributed by atoms with van der Waals surface area (Å²) in [5.41, 5.74) is 3.09. The lowest BCUT2D eigenvalue weighted by Crippen LogP contribution is -2.02. The van der Waals surface area contributed by atoms with E-state index in [4.69, 9.17) is 27.9 Å². The topological polar surface area (TPSA) is 33.0 Å². The fraction of sp³-hybridized carbons (Fsp3) is 0.278. The van der Waals surface area contributed by atoms with Crippen LogP contribution in [0, 0.1) is 11.3 Å². The maximum absolute atomic E-state index is 9.51. The molecular weight excluding hydrogens is 317 g/mol. The van der Waals surface area contributed by atoms with Crippen molar-refractivity contribution >= 4 is 23.2 Å². The number of hydrogen-bond donors (Lipinski definition) is 0. The summed E-state index contributed by atoms with van der Waals surface area (Å²) in [6, 6.07) is 13.8. The van der Waals surface area contributed by atoms with Crippen LogP contribution in [0.5, 0.6) is 5.75 Å². The van der Waals surface area contributed by atoms with Gasteiger partial charge in [-0.2, -0.15) is 5.26 Å². The summed E-state index contributed by atoms with van der Waals surface area (Å²) in [6.45, 7) is 2.07. The minimum atomic E-state index is -0.228. The molecule has 2 aromatic carbocycles. The van der Waals surface area contributed by atoms with Gasteiger partial charge in [0.2, 0.25) is 0 Å². The molecule has 0 aliphatic rings. The summed E-state index contributed by atoms with van der Waals surface area (Å²) in [4.78, 5) is 0. The second-order valence-electron chi connectivity index (χ2n) is 5.06. The van der Waals surface area contributed by atoms with Crippen molar-refractivity contribution in [3.8, 4) is 11.8 Å². The Morgan fingerprint density at radius 2 is 1.91 bits per heavy atom. The number of hydrogen-bond acceptors (Lipinski definition) is 2. The van der Waals surface area contributed by atoms with Crippen LogP contribution in [0.3, 0.4) is 0 Å². The van der Waals surface area contributed by atoms with E-state index in [1.165, 1.54) is 0 Å². The first-order valence-corrected chi connectivity index (χ1v) is 7.85. The zero-order valence-corrected chi connectivity index (χ0v) is 14.1. The normalized spacial score (nSPS) is 11.8. The highest BCUT2D eigenvalue weighted by Crippen LogP contribution is 2.29. The van der Waals surface area contributed by atoms with E-state index in [1.54, 1.807) is 13.2 Å². The Bertz CT molecular complexity index is 707. The molecule has 0 heterocycles. The highest BCUT2D eigenvalue weighted by atomic mass is 35.5. The summed E-state index contributed by atoms with van der Waals surface area (Å²) >= 11 is 12.0. The Balaban J connectivity index is 2.28. The zero-order valence-electron chi connectivity index (χ0n) is 12.6. The molecular formula is C18H17Cl2NO. The number of nitrogens with zero attached hydrogens (tertiary/aromatic N) is 1. The van der Waals surface area contributed by atoms with Crippen LogP contribution in [0.2, 0.25) is 10.0 Å². The van der Waals surface area contributed by atoms with Gasteiger partial charge in [-0.25, -0.2) is 0 Å². The maximum Gasteiger partial charge on any atom is 0.122 e. The van der Waals surface area contributed by atoms with E-state index in [0.717, 1.165) is 28.9 Å². The van der Waals surface area contributed by atoms with Crippen molar-refractivity contribution in [2.75, 3.05) is 7.11 Å². The zero-order chi connectivity index (χ0) is 16.1. The fourth-order valence-corrected chi connectivity index (χ4v) is 2.75. The third-order valence-electron chi connectivity index (χ3n) is 3.67. The van der Waals surface area contributed by atoms with Crippen LogP contribution in [0.25, 0.3) is 0 Å². The van der Waals surface area contributed by atoms with Crippen molar-refractivity contribution in [2.45, 2.75) is 25.7 Å². The lowest BCUT2D eigenvalue weighted by Gasteiger charge is -2.14. The lowest BCUT2D eigenvalue weighted by atomic mass is 9.91. The Labute approximate surface area is 141 Å². The van der Waals surface area contributed by atoms with Gasteiger partial charge in [0.15, 0.2) is 0 Å². The number of halogens is 2. The molecule has 0 spiro atoms. The Kier molecular flexibility index (Phi) is 5.71. The van der Waals surface area contributed by atoms with E-state index in [1.807, 2.05) is 30.3 Å². The molecule has 0 N–H and O–H groups in total. The number of aryl methyl sites for hydroxylation is 1. The summed E-state index contributed by atoms with van der Waals surface area (Å²) in [5, 5.41) is 10.6. The number of rotatable bonds is 5. The van der Waals surface area contributed by atoms with Gasteiger partial charge >= 0.3 is 0 Å². The minimum Gasteiger partial charge on any atom is -0.496 e. The van der Waals surface area contributed by atoms with E-state index < -0.39 is 0 Å². The van der Waals surface area contributed by atoms with E-state index in [0.29, 0.717) is 16.5 Å². The molecule has 1 atom stereocenters. The molecule has 2 rings (SSSR count). The number of nitriles is 1. The first-order valence-electron chi connectivity index (χ1n) is 7.09. The average molecular weight is 334 g/mol. The smallest absolute Gasteiger partial charge is 0.122 e. The molecule has 0 aliphatic heterocycles. The Hall–Kier alpha value is -1.69. The van der Waals surface area contributed by atoms with Crippen molar-refractivity contribution < 1.29 is 4.74 Å². The van der Waals surface area contributed by atoms with Crippen molar-refractivity contribution in [1.82, 2.24) is 0 Å². The van der Waals surface area contributed by atoms with Crippen molar-refractivity contribution in [2.24, 2.45) is 0 Å². The van der Waals surface area contributed by atoms with Gasteiger partial charge in [0, 0.05) is 0 Å². The molecule has 22 heavy (non-hydrogen) atoms. The molecule has 2 aromatic rings. The summed E-state index contributed by atoms with van der Waals surface area (Å²) < 4.78 is 5.34. The van der Waals surface area contributed by atoms with Gasteiger partial charge in [0.05, 0.1) is 29.1 Å². The van der Waals surface area contributed by atoms with E-state index in [9.17, 15) is 5.26 Å². The molecule has 0 aliphatic carbocycles. The molecule has 4 heteroatoms. The number of benzene rings is 2. The van der Waals surface area contributed by atoms with Crippen LogP contribution < -0.4 is 4.74 Å². The van der Waals surface area contributed by atoms with Crippen LogP contribution in [0.15, 0.2) is 36.4 Å². The quantitative estimate of drug-likeness (QED) is 0.732. The molecule has 1 unspecified atom stereocenters. The van der Waals surface area contributed by atoms with E-state index in [-0.39, 0.29) is 5.92 Å². The van der Waals surface area contributed by atoms with Crippen molar-refractivity contribution in [1.29, 1.82) is 5.26 Å². The molecule has 0 amide bonds. The van der Waals surface area contributed by atoms with Crippen LogP contribution >= 0.6 is 23.2 Å². The summed E-state index contributed by atoms with van der Waals surface area (Å²) in [5.74, 6) is 0.630. The van der Waals surface area contributed by atoms with Gasteiger partial charge in [-0.3, -0.25) is 0 Å². The predicted molar refractivity (Wildman–Crippen MR) is 90.9 cm³/mol. The van der Waals surface area contributed by atoms with Crippen LogP contribution in [-0.2, 0) is 12.8 Å². The first-order chi connectivity index (χ1) is 10.6. The van der Waals surface area contributed by atoms with Gasteiger partial charge in [-0.1, -0.05) is 48.3 Å². The molecule has 0 aromatic heterocycles. The van der Waals surface area contributed by atoms with E-state index >= 15 is 0 Å². The van der Waals surface area contributed by atoms with Crippen LogP contribution in [0.1, 0.15) is 29.5 Å². The molecule has 0 bridgehead atoms. The third-order valence-corrected chi connectivity index (χ3v) is 4.41. The molecule has 0 radical (unpaired) electrons. The maximum atomic E-state index is 9.51. The number of methoxy groups -OCH3 is 1. The molecule has 114 valence electrons. The first kappa shape index (κ1) is 16.7. The van der Waals surface area contributed by atoms with E-state index in [2.05, 4.69) is 13.0 Å². The third kappa shape index (κ3) is 3.74. The second-order valence-corrected chi connectivity index (χ2v) is 5.87. The van der Waals surface area contributed by atoms with Crippen molar-refractivity contribution in [3.63, 3.8) is 0 Å². The Morgan fingerprint density at radius 3 is 2.50 bits per heavy atom. The van der Waals surface area contributed by atoms with Crippen molar-refractivity contribution in [3.05, 3.63) is 63.1 Å². The van der Waals surface area contributed by atoms with Crippen LogP contribution in [0.4, 0.5) is 0 Å². The Morgan fingerprint density at radius 1 is 1.14 bits per heavy atom. The summed E-state index contributed by atoms with van der Waals surface area (Å²) in [6.07, 6.45) is 1.46. The molecule has 0 saturated carbocycles. The summed E-state index contributed by atoms with van der Waals surface area (Å²) in [7, 11) is 1.66. The monoisotopic (exact) mass is 333 g/mol. The largest absolute Gasteiger partial charge is 0.496 e. The lowest BCUT2D eigenvalue weighted by molar-refractivity contribution is 0.410. The van der Waals surface area contributed by atoms with Gasteiger partial charge < -0.3 is 4.74 Å². The highest BCUT2D eigenvalue weighted by molar-refractivity contribution is 6.42. The van der Waals surface area contributed by atoms with Gasteiger partial charge in [0.25, 0.3) is 0 Å². The minimum absolute atomic E-state index is 0.228. The van der Waals surface area contributed by atoms with Gasteiger partial charge in [-0.05, 0) is 47.7 Å². The highest BCUT2D eigenvalue weighted by Gasteiger charge is 2.14. The second kappa shape index (κ2) is 7.54. The predicted octanol–water partition coefficient (Wildman–Crippen LogP) is 5.41. The molecule has 2 nitrogen and oxygen atoms in total. The molecule has 0 saturated heterocycles. The fourth-order valence-electron chi connectivity index (χ4n) is 2.43. The van der Waals surface area contributed by atoms with Gasteiger partial charge in [-0.15, -0.1) is 0 Å². The standard InChI is InChI=1S/C18H17Cl2NO/c1-3-13-10-14(5-7-18(13)22-2)15(11-21)8-12-4-6-16(19)17(20)9-12/h4-7,9-10,15H,3,8H2,1-2H3.